The minimum absolute atomic E-state index is 0.0429. The molecule has 0 fully saturated rings. The van der Waals surface area contributed by atoms with Gasteiger partial charge in [-0.05, 0) is 51.0 Å². The first-order chi connectivity index (χ1) is 18.9. The minimum Gasteiger partial charge on any atom is -0.352 e. The second kappa shape index (κ2) is 13.2. The van der Waals surface area contributed by atoms with Crippen LogP contribution in [0.1, 0.15) is 38.3 Å². The number of carbonyl (C=O) groups is 2. The summed E-state index contributed by atoms with van der Waals surface area (Å²) in [6.45, 7) is 6.67. The summed E-state index contributed by atoms with van der Waals surface area (Å²) in [6.07, 6.45) is 0.695. The number of nitrogens with one attached hydrogen (secondary N) is 1. The highest BCUT2D eigenvalue weighted by Gasteiger charge is 2.33. The van der Waals surface area contributed by atoms with Gasteiger partial charge in [-0.3, -0.25) is 24.0 Å². The molecule has 0 aliphatic rings. The Morgan fingerprint density at radius 2 is 1.65 bits per heavy atom. The molecule has 0 saturated carbocycles. The van der Waals surface area contributed by atoms with Gasteiger partial charge in [0.15, 0.2) is 0 Å². The summed E-state index contributed by atoms with van der Waals surface area (Å²) in [5.41, 5.74) is 1.37. The fraction of sp³-hybridized carbons (Fsp3) is 0.310. The average Bonchev–Trinajstić information content (AvgIpc) is 2.94. The molecular weight excluding hydrogens is 532 g/mol. The highest BCUT2D eigenvalue weighted by molar-refractivity contribution is 7.92. The Morgan fingerprint density at radius 1 is 0.975 bits per heavy atom. The molecule has 0 unspecified atom stereocenters. The van der Waals surface area contributed by atoms with Crippen molar-refractivity contribution in [3.8, 4) is 0 Å². The van der Waals surface area contributed by atoms with Crippen LogP contribution in [0.5, 0.6) is 0 Å². The molecule has 10 nitrogen and oxygen atoms in total. The number of hydrogen-bond donors (Lipinski definition) is 1. The quantitative estimate of drug-likeness (QED) is 0.255. The van der Waals surface area contributed by atoms with Crippen molar-refractivity contribution in [1.29, 1.82) is 0 Å². The van der Waals surface area contributed by atoms with E-state index in [0.29, 0.717) is 6.42 Å². The molecule has 3 aromatic rings. The number of carbonyl (C=O) groups excluding carboxylic acids is 2. The van der Waals surface area contributed by atoms with Crippen molar-refractivity contribution in [2.24, 2.45) is 0 Å². The predicted octanol–water partition coefficient (Wildman–Crippen LogP) is 4.43. The monoisotopic (exact) mass is 566 g/mol. The number of benzene rings is 3. The van der Waals surface area contributed by atoms with Gasteiger partial charge in [0.2, 0.25) is 11.8 Å². The van der Waals surface area contributed by atoms with Crippen LogP contribution in [-0.2, 0) is 26.2 Å². The van der Waals surface area contributed by atoms with Gasteiger partial charge in [-0.15, -0.1) is 0 Å². The number of nitro groups is 1. The van der Waals surface area contributed by atoms with Crippen molar-refractivity contribution in [1.82, 2.24) is 10.2 Å². The lowest BCUT2D eigenvalue weighted by atomic mass is 10.1. The summed E-state index contributed by atoms with van der Waals surface area (Å²) in [5.74, 6) is -1.01. The van der Waals surface area contributed by atoms with E-state index >= 15 is 0 Å². The maximum atomic E-state index is 13.9. The van der Waals surface area contributed by atoms with E-state index in [9.17, 15) is 28.1 Å². The molecule has 0 bridgehead atoms. The van der Waals surface area contributed by atoms with E-state index in [1.165, 1.54) is 35.2 Å². The molecule has 0 radical (unpaired) electrons. The molecule has 0 aromatic heterocycles. The Hall–Kier alpha value is -4.25. The molecule has 0 spiro atoms. The molecule has 0 saturated heterocycles. The van der Waals surface area contributed by atoms with E-state index in [0.717, 1.165) is 21.5 Å². The van der Waals surface area contributed by atoms with Crippen molar-refractivity contribution >= 4 is 33.2 Å². The maximum Gasteiger partial charge on any atom is 0.271 e. The molecule has 11 heteroatoms. The van der Waals surface area contributed by atoms with Crippen molar-refractivity contribution < 1.29 is 22.9 Å². The first-order valence-corrected chi connectivity index (χ1v) is 14.4. The Balaban J connectivity index is 2.06. The number of nitro benzene ring substituents is 1. The lowest BCUT2D eigenvalue weighted by molar-refractivity contribution is -0.384. The van der Waals surface area contributed by atoms with Gasteiger partial charge in [0, 0.05) is 24.7 Å². The van der Waals surface area contributed by atoms with Gasteiger partial charge in [-0.1, -0.05) is 61.0 Å². The van der Waals surface area contributed by atoms with Crippen LogP contribution in [0.25, 0.3) is 0 Å². The SMILES string of the molecule is CC[C@H](C)NC(=O)[C@H](C)N(Cc1cccc(C)c1)C(=O)CN(c1cccc([N+](=O)[O-])c1)S(=O)(=O)c1ccccc1. The van der Waals surface area contributed by atoms with Crippen LogP contribution in [0.4, 0.5) is 11.4 Å². The summed E-state index contributed by atoms with van der Waals surface area (Å²) in [7, 11) is -4.31. The molecule has 3 aromatic carbocycles. The second-order valence-electron chi connectivity index (χ2n) is 9.61. The third-order valence-electron chi connectivity index (χ3n) is 6.54. The summed E-state index contributed by atoms with van der Waals surface area (Å²) in [4.78, 5) is 39.1. The van der Waals surface area contributed by atoms with Crippen LogP contribution in [-0.4, -0.2) is 48.7 Å². The van der Waals surface area contributed by atoms with Crippen LogP contribution in [0.15, 0.2) is 83.8 Å². The molecule has 212 valence electrons. The van der Waals surface area contributed by atoms with E-state index in [1.807, 2.05) is 45.0 Å². The number of sulfonamides is 1. The van der Waals surface area contributed by atoms with Crippen molar-refractivity contribution in [3.05, 3.63) is 100 Å². The molecule has 0 heterocycles. The van der Waals surface area contributed by atoms with Gasteiger partial charge < -0.3 is 10.2 Å². The van der Waals surface area contributed by atoms with Crippen molar-refractivity contribution in [2.45, 2.75) is 57.6 Å². The number of amides is 2. The summed E-state index contributed by atoms with van der Waals surface area (Å²) < 4.78 is 28.4. The molecule has 2 amide bonds. The van der Waals surface area contributed by atoms with Crippen LogP contribution < -0.4 is 9.62 Å². The Morgan fingerprint density at radius 3 is 2.27 bits per heavy atom. The van der Waals surface area contributed by atoms with Crippen LogP contribution in [0, 0.1) is 17.0 Å². The highest BCUT2D eigenvalue weighted by atomic mass is 32.2. The average molecular weight is 567 g/mol. The maximum absolute atomic E-state index is 13.9. The zero-order valence-electron chi connectivity index (χ0n) is 23.0. The van der Waals surface area contributed by atoms with Crippen molar-refractivity contribution in [3.63, 3.8) is 0 Å². The van der Waals surface area contributed by atoms with Crippen LogP contribution in [0.2, 0.25) is 0 Å². The third kappa shape index (κ3) is 7.44. The number of anilines is 1. The topological polar surface area (TPSA) is 130 Å². The Bertz CT molecular complexity index is 1460. The molecule has 0 aliphatic heterocycles. The van der Waals surface area contributed by atoms with Gasteiger partial charge >= 0.3 is 0 Å². The van der Waals surface area contributed by atoms with Gasteiger partial charge in [0.25, 0.3) is 15.7 Å². The molecule has 2 atom stereocenters. The van der Waals surface area contributed by atoms with E-state index < -0.39 is 33.4 Å². The second-order valence-corrected chi connectivity index (χ2v) is 11.5. The van der Waals surface area contributed by atoms with E-state index in [-0.39, 0.29) is 34.8 Å². The summed E-state index contributed by atoms with van der Waals surface area (Å²) in [5, 5.41) is 14.3. The van der Waals surface area contributed by atoms with E-state index in [1.54, 1.807) is 25.1 Å². The van der Waals surface area contributed by atoms with Gasteiger partial charge in [0.1, 0.15) is 12.6 Å². The molecule has 40 heavy (non-hydrogen) atoms. The lowest BCUT2D eigenvalue weighted by Gasteiger charge is -2.32. The molecular formula is C29H34N4O6S. The van der Waals surface area contributed by atoms with Crippen LogP contribution >= 0.6 is 0 Å². The minimum atomic E-state index is -4.31. The third-order valence-corrected chi connectivity index (χ3v) is 8.33. The van der Waals surface area contributed by atoms with Gasteiger partial charge in [0.05, 0.1) is 15.5 Å². The van der Waals surface area contributed by atoms with E-state index in [2.05, 4.69) is 5.32 Å². The number of non-ortho nitro benzene ring substituents is 1. The fourth-order valence-corrected chi connectivity index (χ4v) is 5.49. The van der Waals surface area contributed by atoms with E-state index in [4.69, 9.17) is 0 Å². The lowest BCUT2D eigenvalue weighted by Crippen LogP contribution is -2.52. The van der Waals surface area contributed by atoms with Gasteiger partial charge in [-0.25, -0.2) is 8.42 Å². The van der Waals surface area contributed by atoms with Crippen molar-refractivity contribution in [2.75, 3.05) is 10.8 Å². The summed E-state index contributed by atoms with van der Waals surface area (Å²) >= 11 is 0. The molecule has 0 aliphatic carbocycles. The largest absolute Gasteiger partial charge is 0.352 e. The molecule has 3 rings (SSSR count). The number of aryl methyl sites for hydroxylation is 1. The smallest absolute Gasteiger partial charge is 0.271 e. The Kier molecular flexibility index (Phi) is 10.0. The van der Waals surface area contributed by atoms with Crippen LogP contribution in [0.3, 0.4) is 0 Å². The number of rotatable bonds is 12. The first kappa shape index (κ1) is 30.3. The van der Waals surface area contributed by atoms with Gasteiger partial charge in [-0.2, -0.15) is 0 Å². The standard InChI is InChI=1S/C29H34N4O6S/c1-5-22(3)30-29(35)23(4)31(19-24-12-9-11-21(2)17-24)28(34)20-32(25-13-10-14-26(18-25)33(36)37)40(38,39)27-15-7-6-8-16-27/h6-18,22-23H,5,19-20H2,1-4H3,(H,30,35)/t22-,23-/m0/s1. The number of hydrogen-bond acceptors (Lipinski definition) is 6. The molecule has 1 N–H and O–H groups in total. The first-order valence-electron chi connectivity index (χ1n) is 12.9. The zero-order valence-corrected chi connectivity index (χ0v) is 23.8. The predicted molar refractivity (Wildman–Crippen MR) is 153 cm³/mol. The summed E-state index contributed by atoms with van der Waals surface area (Å²) in [6, 6.07) is 19.0. The zero-order chi connectivity index (χ0) is 29.4. The highest BCUT2D eigenvalue weighted by Crippen LogP contribution is 2.27. The fourth-order valence-electron chi connectivity index (χ4n) is 4.07. The number of nitrogens with zero attached hydrogens (tertiary/aromatic N) is 3. The Labute approximate surface area is 234 Å². The normalized spacial score (nSPS) is 12.7.